The second kappa shape index (κ2) is 5.87. The van der Waals surface area contributed by atoms with Crippen LogP contribution >= 0.6 is 22.7 Å². The third kappa shape index (κ3) is 3.06. The minimum Gasteiger partial charge on any atom is -0.309 e. The smallest absolute Gasteiger partial charge is 0.0386 e. The molecule has 3 heteroatoms. The summed E-state index contributed by atoms with van der Waals surface area (Å²) in [4.78, 5) is 1.42. The number of benzene rings is 1. The average molecular weight is 287 g/mol. The fraction of sp³-hybridized carbons (Fsp3) is 0.250. The van der Waals surface area contributed by atoms with Gasteiger partial charge in [-0.25, -0.2) is 0 Å². The first-order valence-electron chi connectivity index (χ1n) is 6.56. The van der Waals surface area contributed by atoms with Crippen LogP contribution in [0.5, 0.6) is 0 Å². The van der Waals surface area contributed by atoms with E-state index in [1.54, 1.807) is 11.3 Å². The zero-order chi connectivity index (χ0) is 13.1. The Morgan fingerprint density at radius 2 is 2.11 bits per heavy atom. The summed E-state index contributed by atoms with van der Waals surface area (Å²) in [5.41, 5.74) is 1.43. The molecule has 1 nitrogen and oxygen atoms in total. The molecule has 0 aliphatic rings. The zero-order valence-corrected chi connectivity index (χ0v) is 12.6. The molecule has 0 aliphatic carbocycles. The number of hydrogen-bond acceptors (Lipinski definition) is 3. The van der Waals surface area contributed by atoms with Gasteiger partial charge in [0.25, 0.3) is 0 Å². The van der Waals surface area contributed by atoms with Crippen LogP contribution < -0.4 is 5.32 Å². The van der Waals surface area contributed by atoms with Crippen molar-refractivity contribution in [1.29, 1.82) is 0 Å². The fourth-order valence-corrected chi connectivity index (χ4v) is 3.98. The summed E-state index contributed by atoms with van der Waals surface area (Å²) in [7, 11) is 0. The Balaban J connectivity index is 1.61. The minimum absolute atomic E-state index is 0.427. The standard InChI is InChI=1S/C16H17NS2/c1-12(17-8-6-13-7-9-18-11-13)16-10-14-4-2-3-5-15(14)19-16/h2-5,7,9-12,17H,6,8H2,1H3. The van der Waals surface area contributed by atoms with Crippen molar-refractivity contribution in [3.05, 3.63) is 57.6 Å². The van der Waals surface area contributed by atoms with Gasteiger partial charge in [-0.3, -0.25) is 0 Å². The van der Waals surface area contributed by atoms with Crippen molar-refractivity contribution < 1.29 is 0 Å². The predicted octanol–water partition coefficient (Wildman–Crippen LogP) is 4.86. The fourth-order valence-electron chi connectivity index (χ4n) is 2.18. The maximum Gasteiger partial charge on any atom is 0.0386 e. The third-order valence-corrected chi connectivity index (χ3v) is 5.35. The molecule has 3 aromatic rings. The quantitative estimate of drug-likeness (QED) is 0.707. The minimum atomic E-state index is 0.427. The number of nitrogens with one attached hydrogen (secondary N) is 1. The van der Waals surface area contributed by atoms with E-state index in [0.29, 0.717) is 6.04 Å². The van der Waals surface area contributed by atoms with Crippen LogP contribution in [0.15, 0.2) is 47.2 Å². The Labute approximate surface area is 121 Å². The van der Waals surface area contributed by atoms with Gasteiger partial charge in [-0.15, -0.1) is 11.3 Å². The van der Waals surface area contributed by atoms with E-state index in [9.17, 15) is 0 Å². The van der Waals surface area contributed by atoms with Crippen molar-refractivity contribution in [2.45, 2.75) is 19.4 Å². The second-order valence-corrected chi connectivity index (χ2v) is 6.64. The molecule has 2 aromatic heterocycles. The molecular formula is C16H17NS2. The summed E-state index contributed by atoms with van der Waals surface area (Å²) < 4.78 is 1.38. The van der Waals surface area contributed by atoms with Crippen LogP contribution in [-0.4, -0.2) is 6.54 Å². The molecule has 0 spiro atoms. The van der Waals surface area contributed by atoms with Gasteiger partial charge in [0.1, 0.15) is 0 Å². The highest BCUT2D eigenvalue weighted by Crippen LogP contribution is 2.29. The largest absolute Gasteiger partial charge is 0.309 e. The molecule has 2 heterocycles. The van der Waals surface area contributed by atoms with E-state index in [-0.39, 0.29) is 0 Å². The Morgan fingerprint density at radius 3 is 2.89 bits per heavy atom. The first-order chi connectivity index (χ1) is 9.33. The molecular weight excluding hydrogens is 270 g/mol. The summed E-state index contributed by atoms with van der Waals surface area (Å²) in [5.74, 6) is 0. The molecule has 1 atom stereocenters. The molecule has 3 rings (SSSR count). The predicted molar refractivity (Wildman–Crippen MR) is 86.3 cm³/mol. The molecule has 0 amide bonds. The van der Waals surface area contributed by atoms with Gasteiger partial charge in [0, 0.05) is 15.6 Å². The van der Waals surface area contributed by atoms with Gasteiger partial charge >= 0.3 is 0 Å². The molecule has 0 bridgehead atoms. The van der Waals surface area contributed by atoms with Gasteiger partial charge in [-0.05, 0) is 59.8 Å². The average Bonchev–Trinajstić information content (AvgIpc) is 3.07. The van der Waals surface area contributed by atoms with Crippen LogP contribution in [0.1, 0.15) is 23.4 Å². The van der Waals surface area contributed by atoms with E-state index in [0.717, 1.165) is 13.0 Å². The summed E-state index contributed by atoms with van der Waals surface area (Å²) >= 11 is 3.66. The van der Waals surface area contributed by atoms with Crippen molar-refractivity contribution in [2.24, 2.45) is 0 Å². The summed E-state index contributed by atoms with van der Waals surface area (Å²) in [6.07, 6.45) is 1.11. The van der Waals surface area contributed by atoms with Gasteiger partial charge in [0.15, 0.2) is 0 Å². The van der Waals surface area contributed by atoms with E-state index < -0.39 is 0 Å². The van der Waals surface area contributed by atoms with Gasteiger partial charge < -0.3 is 5.32 Å². The Morgan fingerprint density at radius 1 is 1.21 bits per heavy atom. The lowest BCUT2D eigenvalue weighted by Crippen LogP contribution is -2.20. The van der Waals surface area contributed by atoms with Crippen LogP contribution in [0.2, 0.25) is 0 Å². The number of rotatable bonds is 5. The van der Waals surface area contributed by atoms with E-state index in [1.807, 2.05) is 11.3 Å². The Bertz CT molecular complexity index is 607. The van der Waals surface area contributed by atoms with Gasteiger partial charge in [-0.2, -0.15) is 11.3 Å². The molecule has 1 unspecified atom stereocenters. The van der Waals surface area contributed by atoms with Crippen LogP contribution in [0.25, 0.3) is 10.1 Å². The summed E-state index contributed by atoms with van der Waals surface area (Å²) in [6.45, 7) is 3.28. The molecule has 1 aromatic carbocycles. The van der Waals surface area contributed by atoms with Crippen LogP contribution in [0.4, 0.5) is 0 Å². The monoisotopic (exact) mass is 287 g/mol. The maximum absolute atomic E-state index is 3.61. The highest BCUT2D eigenvalue weighted by molar-refractivity contribution is 7.19. The first-order valence-corrected chi connectivity index (χ1v) is 8.32. The van der Waals surface area contributed by atoms with Crippen molar-refractivity contribution >= 4 is 32.8 Å². The zero-order valence-electron chi connectivity index (χ0n) is 10.9. The van der Waals surface area contributed by atoms with E-state index in [2.05, 4.69) is 59.4 Å². The van der Waals surface area contributed by atoms with Gasteiger partial charge in [0.05, 0.1) is 0 Å². The molecule has 98 valence electrons. The molecule has 0 saturated heterocycles. The first kappa shape index (κ1) is 12.9. The lowest BCUT2D eigenvalue weighted by atomic mass is 10.2. The lowest BCUT2D eigenvalue weighted by molar-refractivity contribution is 0.585. The molecule has 1 N–H and O–H groups in total. The van der Waals surface area contributed by atoms with Crippen molar-refractivity contribution in [3.63, 3.8) is 0 Å². The molecule has 0 radical (unpaired) electrons. The summed E-state index contributed by atoms with van der Waals surface area (Å²) in [6, 6.07) is 13.5. The number of hydrogen-bond donors (Lipinski definition) is 1. The Kier molecular flexibility index (Phi) is 3.97. The van der Waals surface area contributed by atoms with Gasteiger partial charge in [-0.1, -0.05) is 18.2 Å². The Hall–Kier alpha value is -1.16. The third-order valence-electron chi connectivity index (χ3n) is 3.32. The molecule has 0 saturated carbocycles. The van der Waals surface area contributed by atoms with Gasteiger partial charge in [0.2, 0.25) is 0 Å². The SMILES string of the molecule is CC(NCCc1ccsc1)c1cc2ccccc2s1. The van der Waals surface area contributed by atoms with Crippen molar-refractivity contribution in [2.75, 3.05) is 6.54 Å². The highest BCUT2D eigenvalue weighted by Gasteiger charge is 2.08. The molecule has 19 heavy (non-hydrogen) atoms. The number of thiophene rings is 2. The highest BCUT2D eigenvalue weighted by atomic mass is 32.1. The van der Waals surface area contributed by atoms with E-state index in [4.69, 9.17) is 0 Å². The van der Waals surface area contributed by atoms with Crippen LogP contribution in [-0.2, 0) is 6.42 Å². The van der Waals surface area contributed by atoms with Crippen molar-refractivity contribution in [3.8, 4) is 0 Å². The molecule has 0 aliphatic heterocycles. The van der Waals surface area contributed by atoms with Crippen LogP contribution in [0, 0.1) is 0 Å². The van der Waals surface area contributed by atoms with E-state index >= 15 is 0 Å². The summed E-state index contributed by atoms with van der Waals surface area (Å²) in [5, 5.41) is 9.34. The number of fused-ring (bicyclic) bond motifs is 1. The topological polar surface area (TPSA) is 12.0 Å². The van der Waals surface area contributed by atoms with Crippen molar-refractivity contribution in [1.82, 2.24) is 5.32 Å². The van der Waals surface area contributed by atoms with Crippen LogP contribution in [0.3, 0.4) is 0 Å². The molecule has 0 fully saturated rings. The lowest BCUT2D eigenvalue weighted by Gasteiger charge is -2.11. The normalized spacial score (nSPS) is 12.9. The van der Waals surface area contributed by atoms with E-state index in [1.165, 1.54) is 20.5 Å². The maximum atomic E-state index is 3.61. The second-order valence-electron chi connectivity index (χ2n) is 4.74.